The molecule has 100 valence electrons. The highest BCUT2D eigenvalue weighted by atomic mass is 19.1. The maximum atomic E-state index is 13.5. The highest BCUT2D eigenvalue weighted by Crippen LogP contribution is 2.16. The molecule has 1 rings (SSSR count). The van der Waals surface area contributed by atoms with E-state index in [0.29, 0.717) is 23.1 Å². The van der Waals surface area contributed by atoms with Crippen LogP contribution in [0.5, 0.6) is 0 Å². The number of aryl methyl sites for hydroxylation is 2. The molecule has 0 fully saturated rings. The Bertz CT molecular complexity index is 430. The highest BCUT2D eigenvalue weighted by molar-refractivity contribution is 5.95. The van der Waals surface area contributed by atoms with E-state index in [1.807, 2.05) is 6.92 Å². The standard InChI is InChI=1S/C14H20FNO2/c1-5-14(4,8-17)16-13(18)11-6-9(2)12(15)10(3)7-11/h6-7,17H,5,8H2,1-4H3,(H,16,18)/t14-/m0/s1. The third kappa shape index (κ3) is 3.07. The average Bonchev–Trinajstić information content (AvgIpc) is 2.35. The first-order chi connectivity index (χ1) is 8.33. The third-order valence-electron chi connectivity index (χ3n) is 3.24. The molecule has 0 radical (unpaired) electrons. The Hall–Kier alpha value is -1.42. The van der Waals surface area contributed by atoms with Crippen LogP contribution >= 0.6 is 0 Å². The largest absolute Gasteiger partial charge is 0.394 e. The fourth-order valence-electron chi connectivity index (χ4n) is 1.66. The molecule has 1 aromatic carbocycles. The molecule has 0 aliphatic rings. The Morgan fingerprint density at radius 2 is 1.89 bits per heavy atom. The van der Waals surface area contributed by atoms with E-state index in [-0.39, 0.29) is 18.3 Å². The number of carbonyl (C=O) groups is 1. The van der Waals surface area contributed by atoms with Gasteiger partial charge >= 0.3 is 0 Å². The fourth-order valence-corrected chi connectivity index (χ4v) is 1.66. The normalized spacial score (nSPS) is 14.1. The minimum absolute atomic E-state index is 0.131. The summed E-state index contributed by atoms with van der Waals surface area (Å²) in [5.41, 5.74) is 0.664. The quantitative estimate of drug-likeness (QED) is 0.865. The summed E-state index contributed by atoms with van der Waals surface area (Å²) in [6.45, 7) is 6.79. The second-order valence-electron chi connectivity index (χ2n) is 4.95. The summed E-state index contributed by atoms with van der Waals surface area (Å²) in [7, 11) is 0. The molecular formula is C14H20FNO2. The minimum Gasteiger partial charge on any atom is -0.394 e. The van der Waals surface area contributed by atoms with Crippen LogP contribution in [0.25, 0.3) is 0 Å². The third-order valence-corrected chi connectivity index (χ3v) is 3.24. The van der Waals surface area contributed by atoms with Gasteiger partial charge in [0.2, 0.25) is 0 Å². The number of aliphatic hydroxyl groups excluding tert-OH is 1. The molecule has 0 aliphatic heterocycles. The van der Waals surface area contributed by atoms with Crippen LogP contribution in [0.3, 0.4) is 0 Å². The van der Waals surface area contributed by atoms with Crippen LogP contribution in [0, 0.1) is 19.7 Å². The maximum absolute atomic E-state index is 13.5. The Morgan fingerprint density at radius 3 is 2.28 bits per heavy atom. The first-order valence-electron chi connectivity index (χ1n) is 6.03. The average molecular weight is 253 g/mol. The number of hydrogen-bond acceptors (Lipinski definition) is 2. The summed E-state index contributed by atoms with van der Waals surface area (Å²) in [5, 5.41) is 12.0. The van der Waals surface area contributed by atoms with E-state index in [2.05, 4.69) is 5.32 Å². The number of amides is 1. The molecule has 0 spiro atoms. The van der Waals surface area contributed by atoms with E-state index in [1.54, 1.807) is 20.8 Å². The molecule has 1 amide bonds. The second kappa shape index (κ2) is 5.48. The zero-order valence-corrected chi connectivity index (χ0v) is 11.3. The van der Waals surface area contributed by atoms with Crippen LogP contribution in [-0.4, -0.2) is 23.2 Å². The van der Waals surface area contributed by atoms with Gasteiger partial charge in [0.1, 0.15) is 5.82 Å². The Labute approximate surface area is 107 Å². The molecule has 1 atom stereocenters. The predicted molar refractivity (Wildman–Crippen MR) is 69.1 cm³/mol. The molecule has 0 aliphatic carbocycles. The van der Waals surface area contributed by atoms with Crippen molar-refractivity contribution in [3.63, 3.8) is 0 Å². The van der Waals surface area contributed by atoms with Gasteiger partial charge in [-0.15, -0.1) is 0 Å². The molecule has 2 N–H and O–H groups in total. The first kappa shape index (κ1) is 14.6. The summed E-state index contributed by atoms with van der Waals surface area (Å²) in [6.07, 6.45) is 0.619. The van der Waals surface area contributed by atoms with Crippen molar-refractivity contribution >= 4 is 5.91 Å². The molecule has 4 heteroatoms. The SMILES string of the molecule is CC[C@@](C)(CO)NC(=O)c1cc(C)c(F)c(C)c1. The van der Waals surface area contributed by atoms with Crippen molar-refractivity contribution in [1.82, 2.24) is 5.32 Å². The van der Waals surface area contributed by atoms with Crippen LogP contribution in [0.2, 0.25) is 0 Å². The minimum atomic E-state index is -0.646. The van der Waals surface area contributed by atoms with Crippen molar-refractivity contribution in [2.45, 2.75) is 39.7 Å². The summed E-state index contributed by atoms with van der Waals surface area (Å²) < 4.78 is 13.5. The van der Waals surface area contributed by atoms with Gasteiger partial charge in [0.05, 0.1) is 12.1 Å². The van der Waals surface area contributed by atoms with Gasteiger partial charge in [-0.1, -0.05) is 6.92 Å². The van der Waals surface area contributed by atoms with Crippen molar-refractivity contribution < 1.29 is 14.3 Å². The lowest BCUT2D eigenvalue weighted by molar-refractivity contribution is 0.0847. The molecule has 0 unspecified atom stereocenters. The summed E-state index contributed by atoms with van der Waals surface area (Å²) in [6, 6.07) is 3.04. The van der Waals surface area contributed by atoms with E-state index < -0.39 is 5.54 Å². The van der Waals surface area contributed by atoms with E-state index in [0.717, 1.165) is 0 Å². The van der Waals surface area contributed by atoms with Crippen molar-refractivity contribution in [2.75, 3.05) is 6.61 Å². The molecule has 0 aromatic heterocycles. The van der Waals surface area contributed by atoms with Crippen LogP contribution < -0.4 is 5.32 Å². The van der Waals surface area contributed by atoms with E-state index in [4.69, 9.17) is 0 Å². The van der Waals surface area contributed by atoms with Crippen molar-refractivity contribution in [2.24, 2.45) is 0 Å². The highest BCUT2D eigenvalue weighted by Gasteiger charge is 2.24. The molecule has 0 saturated carbocycles. The molecule has 0 saturated heterocycles. The maximum Gasteiger partial charge on any atom is 0.251 e. The van der Waals surface area contributed by atoms with E-state index >= 15 is 0 Å². The van der Waals surface area contributed by atoms with Gasteiger partial charge in [0.25, 0.3) is 5.91 Å². The van der Waals surface area contributed by atoms with Gasteiger partial charge in [-0.3, -0.25) is 4.79 Å². The van der Waals surface area contributed by atoms with Gasteiger partial charge in [0.15, 0.2) is 0 Å². The lowest BCUT2D eigenvalue weighted by atomic mass is 9.98. The molecule has 1 aromatic rings. The lowest BCUT2D eigenvalue weighted by Gasteiger charge is -2.27. The summed E-state index contributed by atoms with van der Waals surface area (Å²) in [5.74, 6) is -0.577. The van der Waals surface area contributed by atoms with Crippen molar-refractivity contribution in [1.29, 1.82) is 0 Å². The van der Waals surface area contributed by atoms with Crippen LogP contribution in [0.15, 0.2) is 12.1 Å². The number of nitrogens with one attached hydrogen (secondary N) is 1. The van der Waals surface area contributed by atoms with E-state index in [9.17, 15) is 14.3 Å². The number of rotatable bonds is 4. The molecule has 3 nitrogen and oxygen atoms in total. The zero-order chi connectivity index (χ0) is 13.9. The lowest BCUT2D eigenvalue weighted by Crippen LogP contribution is -2.48. The second-order valence-corrected chi connectivity index (χ2v) is 4.95. The number of aliphatic hydroxyl groups is 1. The van der Waals surface area contributed by atoms with E-state index in [1.165, 1.54) is 12.1 Å². The number of halogens is 1. The molecule has 0 heterocycles. The van der Waals surface area contributed by atoms with Crippen LogP contribution in [-0.2, 0) is 0 Å². The zero-order valence-electron chi connectivity index (χ0n) is 11.3. The molecule has 0 bridgehead atoms. The molecular weight excluding hydrogens is 233 g/mol. The number of carbonyl (C=O) groups excluding carboxylic acids is 1. The Kier molecular flexibility index (Phi) is 4.46. The smallest absolute Gasteiger partial charge is 0.251 e. The van der Waals surface area contributed by atoms with Crippen LogP contribution in [0.1, 0.15) is 41.8 Å². The van der Waals surface area contributed by atoms with Crippen molar-refractivity contribution in [3.05, 3.63) is 34.6 Å². The number of hydrogen-bond donors (Lipinski definition) is 2. The van der Waals surface area contributed by atoms with Gasteiger partial charge in [0, 0.05) is 5.56 Å². The Balaban J connectivity index is 2.98. The summed E-state index contributed by atoms with van der Waals surface area (Å²) >= 11 is 0. The first-order valence-corrected chi connectivity index (χ1v) is 6.03. The topological polar surface area (TPSA) is 49.3 Å². The monoisotopic (exact) mass is 253 g/mol. The fraction of sp³-hybridized carbons (Fsp3) is 0.500. The predicted octanol–water partition coefficient (Wildman–Crippen LogP) is 2.33. The van der Waals surface area contributed by atoms with Gasteiger partial charge in [-0.05, 0) is 50.5 Å². The van der Waals surface area contributed by atoms with Crippen molar-refractivity contribution in [3.8, 4) is 0 Å². The van der Waals surface area contributed by atoms with Gasteiger partial charge in [-0.2, -0.15) is 0 Å². The Morgan fingerprint density at radius 1 is 1.39 bits per heavy atom. The van der Waals surface area contributed by atoms with Gasteiger partial charge in [-0.25, -0.2) is 4.39 Å². The molecule has 18 heavy (non-hydrogen) atoms. The van der Waals surface area contributed by atoms with Crippen LogP contribution in [0.4, 0.5) is 4.39 Å². The van der Waals surface area contributed by atoms with Gasteiger partial charge < -0.3 is 10.4 Å². The number of benzene rings is 1. The summed E-state index contributed by atoms with van der Waals surface area (Å²) in [4.78, 5) is 12.0.